The van der Waals surface area contributed by atoms with E-state index in [1.807, 2.05) is 0 Å². The number of nitrogens with one attached hydrogen (secondary N) is 1. The molecule has 0 aromatic carbocycles. The minimum absolute atomic E-state index is 0.102. The van der Waals surface area contributed by atoms with Crippen LogP contribution in [0.3, 0.4) is 0 Å². The van der Waals surface area contributed by atoms with E-state index in [4.69, 9.17) is 11.6 Å². The maximum atomic E-state index is 11.4. The monoisotopic (exact) mass is 228 g/mol. The Morgan fingerprint density at radius 2 is 2.20 bits per heavy atom. The van der Waals surface area contributed by atoms with Crippen LogP contribution in [0, 0.1) is 5.92 Å². The summed E-state index contributed by atoms with van der Waals surface area (Å²) in [5, 5.41) is 0.102. The average Bonchev–Trinajstić information content (AvgIpc) is 2.06. The van der Waals surface area contributed by atoms with Crippen LogP contribution in [0.2, 0.25) is 5.15 Å². The highest BCUT2D eigenvalue weighted by molar-refractivity contribution is 6.29. The van der Waals surface area contributed by atoms with Gasteiger partial charge in [-0.1, -0.05) is 30.9 Å². The second kappa shape index (κ2) is 4.23. The number of rotatable bonds is 3. The maximum Gasteiger partial charge on any atom is 0.329 e. The first kappa shape index (κ1) is 10.5. The van der Waals surface area contributed by atoms with Crippen molar-refractivity contribution < 1.29 is 0 Å². The summed E-state index contributed by atoms with van der Waals surface area (Å²) in [7, 11) is 0. The van der Waals surface area contributed by atoms with Crippen molar-refractivity contribution in [1.29, 1.82) is 0 Å². The lowest BCUT2D eigenvalue weighted by Gasteiger charge is -2.25. The van der Waals surface area contributed by atoms with Crippen molar-refractivity contribution in [2.45, 2.75) is 32.2 Å². The van der Waals surface area contributed by atoms with Crippen molar-refractivity contribution in [3.63, 3.8) is 0 Å². The summed E-state index contributed by atoms with van der Waals surface area (Å²) < 4.78 is 1.21. The van der Waals surface area contributed by atoms with Crippen molar-refractivity contribution in [1.82, 2.24) is 9.55 Å². The Hall–Kier alpha value is -1.03. The van der Waals surface area contributed by atoms with Crippen molar-refractivity contribution >= 4 is 11.6 Å². The summed E-state index contributed by atoms with van der Waals surface area (Å²) in [4.78, 5) is 25.3. The molecular formula is C10H13ClN2O2. The second-order valence-corrected chi connectivity index (χ2v) is 4.41. The van der Waals surface area contributed by atoms with Crippen LogP contribution < -0.4 is 11.2 Å². The van der Waals surface area contributed by atoms with Gasteiger partial charge in [-0.2, -0.15) is 0 Å². The first-order valence-corrected chi connectivity index (χ1v) is 5.54. The molecule has 0 saturated heterocycles. The molecule has 82 valence electrons. The SMILES string of the molecule is O=c1cc(Cl)[nH]c(=O)n1CCC1CCC1. The molecule has 1 N–H and O–H groups in total. The minimum atomic E-state index is -0.410. The predicted octanol–water partition coefficient (Wildman–Crippen LogP) is 1.38. The number of hydrogen-bond donors (Lipinski definition) is 1. The summed E-state index contributed by atoms with van der Waals surface area (Å²) in [5.74, 6) is 0.687. The fourth-order valence-corrected chi connectivity index (χ4v) is 1.97. The molecule has 0 amide bonds. The third-order valence-electron chi connectivity index (χ3n) is 2.97. The Morgan fingerprint density at radius 3 is 2.73 bits per heavy atom. The van der Waals surface area contributed by atoms with Crippen molar-refractivity contribution in [2.75, 3.05) is 0 Å². The van der Waals surface area contributed by atoms with E-state index in [-0.39, 0.29) is 10.7 Å². The lowest BCUT2D eigenvalue weighted by atomic mass is 9.83. The van der Waals surface area contributed by atoms with Crippen LogP contribution in [0.5, 0.6) is 0 Å². The Labute approximate surface area is 91.9 Å². The van der Waals surface area contributed by atoms with Gasteiger partial charge >= 0.3 is 5.69 Å². The van der Waals surface area contributed by atoms with Gasteiger partial charge in [0.2, 0.25) is 0 Å². The standard InChI is InChI=1S/C10H13ClN2O2/c11-8-6-9(14)13(10(15)12-8)5-4-7-2-1-3-7/h6-7H,1-5H2,(H,12,15). The summed E-state index contributed by atoms with van der Waals surface area (Å²) in [5.41, 5.74) is -0.727. The number of hydrogen-bond acceptors (Lipinski definition) is 2. The molecule has 0 radical (unpaired) electrons. The molecule has 1 aromatic heterocycles. The average molecular weight is 229 g/mol. The molecule has 0 aliphatic heterocycles. The Bertz CT molecular complexity index is 428. The third kappa shape index (κ3) is 2.31. The van der Waals surface area contributed by atoms with Crippen LogP contribution in [-0.4, -0.2) is 9.55 Å². The fraction of sp³-hybridized carbons (Fsp3) is 0.600. The molecule has 2 rings (SSSR count). The predicted molar refractivity (Wildman–Crippen MR) is 58.3 cm³/mol. The Balaban J connectivity index is 2.13. The van der Waals surface area contributed by atoms with Crippen LogP contribution in [0.25, 0.3) is 0 Å². The van der Waals surface area contributed by atoms with E-state index >= 15 is 0 Å². The van der Waals surface area contributed by atoms with Gasteiger partial charge in [0, 0.05) is 12.6 Å². The van der Waals surface area contributed by atoms with Crippen molar-refractivity contribution in [2.24, 2.45) is 5.92 Å². The molecule has 1 aliphatic rings. The van der Waals surface area contributed by atoms with Gasteiger partial charge in [-0.05, 0) is 12.3 Å². The highest BCUT2D eigenvalue weighted by atomic mass is 35.5. The van der Waals surface area contributed by atoms with Crippen LogP contribution in [0.15, 0.2) is 15.7 Å². The number of H-pyrrole nitrogens is 1. The fourth-order valence-electron chi connectivity index (χ4n) is 1.80. The summed E-state index contributed by atoms with van der Waals surface area (Å²) >= 11 is 5.55. The van der Waals surface area contributed by atoms with E-state index in [1.165, 1.54) is 29.9 Å². The zero-order valence-corrected chi connectivity index (χ0v) is 9.09. The molecule has 1 aromatic rings. The van der Waals surface area contributed by atoms with Crippen molar-refractivity contribution in [3.05, 3.63) is 32.1 Å². The summed E-state index contributed by atoms with van der Waals surface area (Å²) in [6.07, 6.45) is 4.63. The van der Waals surface area contributed by atoms with E-state index in [0.29, 0.717) is 12.5 Å². The van der Waals surface area contributed by atoms with Gasteiger partial charge in [-0.15, -0.1) is 0 Å². The number of nitrogens with zero attached hydrogens (tertiary/aromatic N) is 1. The lowest BCUT2D eigenvalue weighted by Crippen LogP contribution is -2.35. The van der Waals surface area contributed by atoms with Gasteiger partial charge < -0.3 is 0 Å². The van der Waals surface area contributed by atoms with Gasteiger partial charge in [-0.3, -0.25) is 14.3 Å². The topological polar surface area (TPSA) is 54.9 Å². The highest BCUT2D eigenvalue weighted by Gasteiger charge is 2.17. The molecule has 0 spiro atoms. The molecular weight excluding hydrogens is 216 g/mol. The normalized spacial score (nSPS) is 16.3. The zero-order valence-electron chi connectivity index (χ0n) is 8.33. The number of halogens is 1. The number of aromatic amines is 1. The smallest absolute Gasteiger partial charge is 0.298 e. The van der Waals surface area contributed by atoms with E-state index in [0.717, 1.165) is 6.42 Å². The molecule has 0 atom stereocenters. The molecule has 4 nitrogen and oxygen atoms in total. The maximum absolute atomic E-state index is 11.4. The molecule has 1 saturated carbocycles. The van der Waals surface area contributed by atoms with Gasteiger partial charge in [0.15, 0.2) is 0 Å². The molecule has 1 fully saturated rings. The molecule has 0 unspecified atom stereocenters. The van der Waals surface area contributed by atoms with Gasteiger partial charge in [0.1, 0.15) is 5.15 Å². The number of aromatic nitrogens is 2. The molecule has 15 heavy (non-hydrogen) atoms. The van der Waals surface area contributed by atoms with Crippen molar-refractivity contribution in [3.8, 4) is 0 Å². The summed E-state index contributed by atoms with van der Waals surface area (Å²) in [6, 6.07) is 1.24. The van der Waals surface area contributed by atoms with Gasteiger partial charge in [0.05, 0.1) is 0 Å². The van der Waals surface area contributed by atoms with Crippen LogP contribution in [0.1, 0.15) is 25.7 Å². The van der Waals surface area contributed by atoms with Gasteiger partial charge in [0.25, 0.3) is 5.56 Å². The molecule has 1 aliphatic carbocycles. The van der Waals surface area contributed by atoms with E-state index < -0.39 is 5.69 Å². The highest BCUT2D eigenvalue weighted by Crippen LogP contribution is 2.29. The van der Waals surface area contributed by atoms with Crippen LogP contribution in [0.4, 0.5) is 0 Å². The molecule has 5 heteroatoms. The van der Waals surface area contributed by atoms with Crippen LogP contribution >= 0.6 is 11.6 Å². The first-order valence-electron chi connectivity index (χ1n) is 5.16. The molecule has 0 bridgehead atoms. The third-order valence-corrected chi connectivity index (χ3v) is 3.18. The zero-order chi connectivity index (χ0) is 10.8. The Morgan fingerprint density at radius 1 is 1.47 bits per heavy atom. The second-order valence-electron chi connectivity index (χ2n) is 4.00. The van der Waals surface area contributed by atoms with Crippen LogP contribution in [-0.2, 0) is 6.54 Å². The van der Waals surface area contributed by atoms with E-state index in [1.54, 1.807) is 0 Å². The first-order chi connectivity index (χ1) is 7.16. The summed E-state index contributed by atoms with van der Waals surface area (Å²) in [6.45, 7) is 0.496. The van der Waals surface area contributed by atoms with Gasteiger partial charge in [-0.25, -0.2) is 4.79 Å². The minimum Gasteiger partial charge on any atom is -0.298 e. The lowest BCUT2D eigenvalue weighted by molar-refractivity contribution is 0.279. The Kier molecular flexibility index (Phi) is 2.95. The van der Waals surface area contributed by atoms with E-state index in [2.05, 4.69) is 4.98 Å². The largest absolute Gasteiger partial charge is 0.329 e. The van der Waals surface area contributed by atoms with E-state index in [9.17, 15) is 9.59 Å². The quantitative estimate of drug-likeness (QED) is 0.795. The molecule has 1 heterocycles.